The topological polar surface area (TPSA) is 0 Å². The molecular formula is C10H10F2. The van der Waals surface area contributed by atoms with Gasteiger partial charge < -0.3 is 0 Å². The Hall–Kier alpha value is -1.18. The summed E-state index contributed by atoms with van der Waals surface area (Å²) in [6, 6.07) is 4.11. The van der Waals surface area contributed by atoms with Crippen LogP contribution in [0.4, 0.5) is 8.78 Å². The van der Waals surface area contributed by atoms with Gasteiger partial charge in [-0.25, -0.2) is 8.78 Å². The van der Waals surface area contributed by atoms with E-state index >= 15 is 0 Å². The lowest BCUT2D eigenvalue weighted by Gasteiger charge is -2.03. The van der Waals surface area contributed by atoms with Crippen LogP contribution in [-0.4, -0.2) is 0 Å². The molecular weight excluding hydrogens is 158 g/mol. The summed E-state index contributed by atoms with van der Waals surface area (Å²) in [6.45, 7) is 5.49. The van der Waals surface area contributed by atoms with Crippen LogP contribution in [0, 0.1) is 11.6 Å². The quantitative estimate of drug-likeness (QED) is 0.635. The van der Waals surface area contributed by atoms with Crippen LogP contribution in [0.15, 0.2) is 24.8 Å². The molecule has 0 spiro atoms. The molecule has 12 heavy (non-hydrogen) atoms. The van der Waals surface area contributed by atoms with Crippen molar-refractivity contribution >= 4 is 5.57 Å². The number of hydrogen-bond donors (Lipinski definition) is 0. The Balaban J connectivity index is 3.16. The normalized spacial score (nSPS) is 9.92. The van der Waals surface area contributed by atoms with Crippen LogP contribution in [0.25, 0.3) is 5.57 Å². The van der Waals surface area contributed by atoms with Gasteiger partial charge >= 0.3 is 0 Å². The van der Waals surface area contributed by atoms with Gasteiger partial charge in [0.15, 0.2) is 11.6 Å². The highest BCUT2D eigenvalue weighted by atomic mass is 19.2. The third-order valence-electron chi connectivity index (χ3n) is 1.76. The van der Waals surface area contributed by atoms with Gasteiger partial charge in [-0.05, 0) is 18.1 Å². The van der Waals surface area contributed by atoms with Crippen molar-refractivity contribution in [2.45, 2.75) is 13.3 Å². The molecule has 0 nitrogen and oxygen atoms in total. The number of benzene rings is 1. The smallest absolute Gasteiger partial charge is 0.166 e. The van der Waals surface area contributed by atoms with Gasteiger partial charge in [0.2, 0.25) is 0 Å². The molecule has 64 valence electrons. The van der Waals surface area contributed by atoms with E-state index in [-0.39, 0.29) is 5.56 Å². The van der Waals surface area contributed by atoms with Gasteiger partial charge in [0, 0.05) is 5.56 Å². The Morgan fingerprint density at radius 1 is 1.42 bits per heavy atom. The van der Waals surface area contributed by atoms with E-state index in [1.54, 1.807) is 0 Å². The maximum absolute atomic E-state index is 13.0. The lowest BCUT2D eigenvalue weighted by atomic mass is 10.0. The molecule has 0 atom stereocenters. The number of halogens is 2. The second-order valence-corrected chi connectivity index (χ2v) is 2.56. The predicted molar refractivity (Wildman–Crippen MR) is 45.7 cm³/mol. The summed E-state index contributed by atoms with van der Waals surface area (Å²) in [5.74, 6) is -1.62. The van der Waals surface area contributed by atoms with Gasteiger partial charge in [-0.15, -0.1) is 0 Å². The molecule has 0 aromatic heterocycles. The summed E-state index contributed by atoms with van der Waals surface area (Å²) in [5.41, 5.74) is 0.893. The highest BCUT2D eigenvalue weighted by Crippen LogP contribution is 2.20. The van der Waals surface area contributed by atoms with Gasteiger partial charge in [0.1, 0.15) is 0 Å². The molecule has 0 amide bonds. The van der Waals surface area contributed by atoms with E-state index in [9.17, 15) is 8.78 Å². The monoisotopic (exact) mass is 168 g/mol. The molecule has 0 aliphatic carbocycles. The van der Waals surface area contributed by atoms with E-state index in [1.807, 2.05) is 6.92 Å². The van der Waals surface area contributed by atoms with Gasteiger partial charge in [-0.2, -0.15) is 0 Å². The molecule has 0 bridgehead atoms. The Morgan fingerprint density at radius 3 is 2.67 bits per heavy atom. The average Bonchev–Trinajstić information content (AvgIpc) is 2.08. The fourth-order valence-corrected chi connectivity index (χ4v) is 0.967. The van der Waals surface area contributed by atoms with Crippen molar-refractivity contribution in [2.75, 3.05) is 0 Å². The van der Waals surface area contributed by atoms with E-state index in [0.29, 0.717) is 12.0 Å². The van der Waals surface area contributed by atoms with Crippen molar-refractivity contribution < 1.29 is 8.78 Å². The first-order valence-corrected chi connectivity index (χ1v) is 3.79. The molecule has 0 aliphatic rings. The van der Waals surface area contributed by atoms with E-state index in [1.165, 1.54) is 12.1 Å². The number of allylic oxidation sites excluding steroid dienone is 1. The summed E-state index contributed by atoms with van der Waals surface area (Å²) in [4.78, 5) is 0. The van der Waals surface area contributed by atoms with E-state index in [0.717, 1.165) is 6.07 Å². The van der Waals surface area contributed by atoms with Gasteiger partial charge in [-0.1, -0.05) is 25.6 Å². The van der Waals surface area contributed by atoms with Crippen molar-refractivity contribution in [3.05, 3.63) is 42.0 Å². The maximum Gasteiger partial charge on any atom is 0.166 e. The lowest BCUT2D eigenvalue weighted by Crippen LogP contribution is -1.91. The first kappa shape index (κ1) is 8.91. The summed E-state index contributed by atoms with van der Waals surface area (Å²) in [5, 5.41) is 0. The van der Waals surface area contributed by atoms with Crippen LogP contribution in [0.1, 0.15) is 18.9 Å². The molecule has 0 heterocycles. The molecule has 0 saturated carbocycles. The van der Waals surface area contributed by atoms with Crippen molar-refractivity contribution in [3.63, 3.8) is 0 Å². The minimum Gasteiger partial charge on any atom is -0.204 e. The van der Waals surface area contributed by atoms with Gasteiger partial charge in [0.25, 0.3) is 0 Å². The molecule has 0 unspecified atom stereocenters. The third kappa shape index (κ3) is 1.52. The van der Waals surface area contributed by atoms with Crippen molar-refractivity contribution in [2.24, 2.45) is 0 Å². The van der Waals surface area contributed by atoms with Gasteiger partial charge in [-0.3, -0.25) is 0 Å². The molecule has 0 aliphatic heterocycles. The average molecular weight is 168 g/mol. The molecule has 1 aromatic rings. The first-order chi connectivity index (χ1) is 5.66. The molecule has 2 heteroatoms. The van der Waals surface area contributed by atoms with Crippen LogP contribution in [0.2, 0.25) is 0 Å². The van der Waals surface area contributed by atoms with Crippen LogP contribution < -0.4 is 0 Å². The standard InChI is InChI=1S/C10H10F2/c1-3-7(2)8-5-4-6-9(11)10(8)12/h4-6H,2-3H2,1H3. The predicted octanol–water partition coefficient (Wildman–Crippen LogP) is 3.39. The summed E-state index contributed by atoms with van der Waals surface area (Å²) in [6.07, 6.45) is 0.625. The maximum atomic E-state index is 13.0. The Morgan fingerprint density at radius 2 is 2.08 bits per heavy atom. The minimum absolute atomic E-state index is 0.275. The number of hydrogen-bond acceptors (Lipinski definition) is 0. The molecule has 0 radical (unpaired) electrons. The fraction of sp³-hybridized carbons (Fsp3) is 0.200. The Bertz CT molecular complexity index is 303. The van der Waals surface area contributed by atoms with Crippen LogP contribution in [0.3, 0.4) is 0 Å². The van der Waals surface area contributed by atoms with E-state index in [4.69, 9.17) is 0 Å². The van der Waals surface area contributed by atoms with Crippen LogP contribution in [0.5, 0.6) is 0 Å². The third-order valence-corrected chi connectivity index (χ3v) is 1.76. The van der Waals surface area contributed by atoms with Crippen molar-refractivity contribution in [1.29, 1.82) is 0 Å². The zero-order valence-corrected chi connectivity index (χ0v) is 6.90. The second-order valence-electron chi connectivity index (χ2n) is 2.56. The summed E-state index contributed by atoms with van der Waals surface area (Å²) < 4.78 is 25.7. The Kier molecular flexibility index (Phi) is 2.58. The zero-order chi connectivity index (χ0) is 9.14. The van der Waals surface area contributed by atoms with Gasteiger partial charge in [0.05, 0.1) is 0 Å². The largest absolute Gasteiger partial charge is 0.204 e. The van der Waals surface area contributed by atoms with E-state index in [2.05, 4.69) is 6.58 Å². The lowest BCUT2D eigenvalue weighted by molar-refractivity contribution is 0.506. The van der Waals surface area contributed by atoms with Crippen molar-refractivity contribution in [3.8, 4) is 0 Å². The first-order valence-electron chi connectivity index (χ1n) is 3.79. The molecule has 1 rings (SSSR count). The highest BCUT2D eigenvalue weighted by molar-refractivity contribution is 5.63. The SMILES string of the molecule is C=C(CC)c1cccc(F)c1F. The summed E-state index contributed by atoms with van der Waals surface area (Å²) in [7, 11) is 0. The molecule has 1 aromatic carbocycles. The molecule has 0 saturated heterocycles. The molecule has 0 fully saturated rings. The summed E-state index contributed by atoms with van der Waals surface area (Å²) >= 11 is 0. The fourth-order valence-electron chi connectivity index (χ4n) is 0.967. The highest BCUT2D eigenvalue weighted by Gasteiger charge is 2.08. The Labute approximate surface area is 70.5 Å². The zero-order valence-electron chi connectivity index (χ0n) is 6.90. The van der Waals surface area contributed by atoms with Crippen LogP contribution in [-0.2, 0) is 0 Å². The number of rotatable bonds is 2. The van der Waals surface area contributed by atoms with Crippen molar-refractivity contribution in [1.82, 2.24) is 0 Å². The molecule has 0 N–H and O–H groups in total. The van der Waals surface area contributed by atoms with E-state index < -0.39 is 11.6 Å². The second kappa shape index (κ2) is 3.48. The van der Waals surface area contributed by atoms with Crippen LogP contribution >= 0.6 is 0 Å². The minimum atomic E-state index is -0.818.